The summed E-state index contributed by atoms with van der Waals surface area (Å²) in [5, 5.41) is 18.0. The van der Waals surface area contributed by atoms with E-state index < -0.39 is 11.8 Å². The van der Waals surface area contributed by atoms with Crippen LogP contribution >= 0.6 is 0 Å². The molecule has 0 spiro atoms. The number of aliphatic hydroxyl groups is 1. The number of rotatable bonds is 5. The summed E-state index contributed by atoms with van der Waals surface area (Å²) in [6.45, 7) is -0.0580. The van der Waals surface area contributed by atoms with Gasteiger partial charge in [-0.2, -0.15) is 0 Å². The van der Waals surface area contributed by atoms with E-state index in [-0.39, 0.29) is 18.8 Å². The number of ether oxygens (including phenoxy) is 1. The summed E-state index contributed by atoms with van der Waals surface area (Å²) in [4.78, 5) is 10.8. The minimum absolute atomic E-state index is 0.0948. The third-order valence-corrected chi connectivity index (χ3v) is 2.80. The van der Waals surface area contributed by atoms with Gasteiger partial charge in [-0.1, -0.05) is 24.3 Å². The number of hydrogen-bond donors (Lipinski definition) is 2. The Balaban J connectivity index is 2.15. The van der Waals surface area contributed by atoms with Crippen molar-refractivity contribution in [3.05, 3.63) is 65.0 Å². The second-order valence-corrected chi connectivity index (χ2v) is 4.17. The predicted molar refractivity (Wildman–Crippen MR) is 70.1 cm³/mol. The first-order chi connectivity index (χ1) is 9.61. The van der Waals surface area contributed by atoms with Gasteiger partial charge in [-0.05, 0) is 23.8 Å². The number of hydrogen-bond acceptors (Lipinski definition) is 3. The Kier molecular flexibility index (Phi) is 4.32. The highest BCUT2D eigenvalue weighted by atomic mass is 19.1. The molecule has 0 aliphatic carbocycles. The Hall–Kier alpha value is -2.40. The fourth-order valence-electron chi connectivity index (χ4n) is 1.76. The number of halogens is 1. The molecule has 0 atom stereocenters. The van der Waals surface area contributed by atoms with Crippen LogP contribution in [0.4, 0.5) is 4.39 Å². The average Bonchev–Trinajstić information content (AvgIpc) is 2.46. The molecule has 4 nitrogen and oxygen atoms in total. The van der Waals surface area contributed by atoms with Gasteiger partial charge in [0.15, 0.2) is 0 Å². The van der Waals surface area contributed by atoms with Crippen LogP contribution in [0.15, 0.2) is 42.5 Å². The third kappa shape index (κ3) is 3.13. The van der Waals surface area contributed by atoms with Crippen molar-refractivity contribution in [2.45, 2.75) is 13.2 Å². The largest absolute Gasteiger partial charge is 0.489 e. The van der Waals surface area contributed by atoms with Crippen molar-refractivity contribution in [2.75, 3.05) is 0 Å². The van der Waals surface area contributed by atoms with Crippen LogP contribution in [0.2, 0.25) is 0 Å². The maximum Gasteiger partial charge on any atom is 0.338 e. The summed E-state index contributed by atoms with van der Waals surface area (Å²) in [6, 6.07) is 10.8. The van der Waals surface area contributed by atoms with Crippen LogP contribution in [0.5, 0.6) is 5.75 Å². The van der Waals surface area contributed by atoms with E-state index in [1.54, 1.807) is 24.3 Å². The average molecular weight is 276 g/mol. The number of benzene rings is 2. The Morgan fingerprint density at radius 1 is 1.20 bits per heavy atom. The molecule has 0 saturated heterocycles. The number of carboxylic acid groups (broad SMARTS) is 1. The van der Waals surface area contributed by atoms with Gasteiger partial charge in [-0.15, -0.1) is 0 Å². The highest BCUT2D eigenvalue weighted by Crippen LogP contribution is 2.20. The maximum absolute atomic E-state index is 13.2. The first kappa shape index (κ1) is 14.0. The molecule has 20 heavy (non-hydrogen) atoms. The van der Waals surface area contributed by atoms with E-state index >= 15 is 0 Å². The first-order valence-electron chi connectivity index (χ1n) is 5.95. The number of aliphatic hydroxyl groups excluding tert-OH is 1. The topological polar surface area (TPSA) is 66.8 Å². The Bertz CT molecular complexity index is 625. The molecule has 0 amide bonds. The molecule has 0 fully saturated rings. The normalized spacial score (nSPS) is 10.3. The molecule has 2 N–H and O–H groups in total. The SMILES string of the molecule is O=C(O)c1cc(COc2ccccc2CO)ccc1F. The minimum atomic E-state index is -1.32. The van der Waals surface area contributed by atoms with E-state index in [2.05, 4.69) is 0 Å². The summed E-state index contributed by atoms with van der Waals surface area (Å²) < 4.78 is 18.8. The molecule has 2 aromatic rings. The molecule has 0 aromatic heterocycles. The lowest BCUT2D eigenvalue weighted by Gasteiger charge is -2.10. The maximum atomic E-state index is 13.2. The summed E-state index contributed by atoms with van der Waals surface area (Å²) in [5.41, 5.74) is 0.783. The van der Waals surface area contributed by atoms with Crippen LogP contribution in [-0.4, -0.2) is 16.2 Å². The van der Waals surface area contributed by atoms with Crippen molar-refractivity contribution in [1.82, 2.24) is 0 Å². The van der Waals surface area contributed by atoms with Gasteiger partial charge in [-0.3, -0.25) is 0 Å². The molecule has 0 unspecified atom stereocenters. The van der Waals surface area contributed by atoms with E-state index in [9.17, 15) is 9.18 Å². The van der Waals surface area contributed by atoms with Crippen molar-refractivity contribution >= 4 is 5.97 Å². The highest BCUT2D eigenvalue weighted by Gasteiger charge is 2.11. The molecule has 2 rings (SSSR count). The molecule has 5 heteroatoms. The summed E-state index contributed by atoms with van der Waals surface area (Å²) in [6.07, 6.45) is 0. The first-order valence-corrected chi connectivity index (χ1v) is 5.95. The Morgan fingerprint density at radius 2 is 1.95 bits per heavy atom. The van der Waals surface area contributed by atoms with Crippen LogP contribution in [0.1, 0.15) is 21.5 Å². The summed E-state index contributed by atoms with van der Waals surface area (Å²) in [5.74, 6) is -1.59. The Labute approximate surface area is 115 Å². The third-order valence-electron chi connectivity index (χ3n) is 2.80. The fourth-order valence-corrected chi connectivity index (χ4v) is 1.76. The van der Waals surface area contributed by atoms with Crippen LogP contribution < -0.4 is 4.74 Å². The number of para-hydroxylation sites is 1. The molecule has 2 aromatic carbocycles. The second-order valence-electron chi connectivity index (χ2n) is 4.17. The quantitative estimate of drug-likeness (QED) is 0.881. The van der Waals surface area contributed by atoms with Gasteiger partial charge < -0.3 is 14.9 Å². The van der Waals surface area contributed by atoms with Gasteiger partial charge in [0.2, 0.25) is 0 Å². The van der Waals surface area contributed by atoms with Gasteiger partial charge >= 0.3 is 5.97 Å². The summed E-state index contributed by atoms with van der Waals surface area (Å²) in [7, 11) is 0. The van der Waals surface area contributed by atoms with E-state index in [1.165, 1.54) is 12.1 Å². The number of aromatic carboxylic acids is 1. The van der Waals surface area contributed by atoms with Crippen molar-refractivity contribution in [1.29, 1.82) is 0 Å². The summed E-state index contributed by atoms with van der Waals surface area (Å²) >= 11 is 0. The van der Waals surface area contributed by atoms with Crippen LogP contribution in [0.3, 0.4) is 0 Å². The zero-order valence-corrected chi connectivity index (χ0v) is 10.5. The minimum Gasteiger partial charge on any atom is -0.489 e. The van der Waals surface area contributed by atoms with Crippen LogP contribution in [0.25, 0.3) is 0 Å². The van der Waals surface area contributed by atoms with Gasteiger partial charge in [0, 0.05) is 5.56 Å². The fraction of sp³-hybridized carbons (Fsp3) is 0.133. The zero-order chi connectivity index (χ0) is 14.5. The lowest BCUT2D eigenvalue weighted by Crippen LogP contribution is -2.04. The lowest BCUT2D eigenvalue weighted by atomic mass is 10.1. The molecule has 0 heterocycles. The van der Waals surface area contributed by atoms with E-state index in [1.807, 2.05) is 0 Å². The number of carboxylic acids is 1. The second kappa shape index (κ2) is 6.16. The molecular weight excluding hydrogens is 263 g/mol. The molecule has 0 bridgehead atoms. The molecule has 0 radical (unpaired) electrons. The zero-order valence-electron chi connectivity index (χ0n) is 10.5. The van der Waals surface area contributed by atoms with Gasteiger partial charge in [0.25, 0.3) is 0 Å². The standard InChI is InChI=1S/C15H13FO4/c16-13-6-5-10(7-12(13)15(18)19)9-20-14-4-2-1-3-11(14)8-17/h1-7,17H,8-9H2,(H,18,19). The predicted octanol–water partition coefficient (Wildman–Crippen LogP) is 2.60. The molecule has 0 aliphatic rings. The van der Waals surface area contributed by atoms with Crippen LogP contribution in [0, 0.1) is 5.82 Å². The highest BCUT2D eigenvalue weighted by molar-refractivity contribution is 5.88. The van der Waals surface area contributed by atoms with Crippen molar-refractivity contribution in [2.24, 2.45) is 0 Å². The van der Waals surface area contributed by atoms with E-state index in [4.69, 9.17) is 14.9 Å². The molecule has 0 saturated carbocycles. The smallest absolute Gasteiger partial charge is 0.338 e. The van der Waals surface area contributed by atoms with Gasteiger partial charge in [0.1, 0.15) is 18.2 Å². The van der Waals surface area contributed by atoms with Crippen molar-refractivity contribution in [3.63, 3.8) is 0 Å². The van der Waals surface area contributed by atoms with E-state index in [0.29, 0.717) is 16.9 Å². The number of carbonyl (C=O) groups is 1. The molecular formula is C15H13FO4. The van der Waals surface area contributed by atoms with Crippen molar-refractivity contribution < 1.29 is 24.1 Å². The monoisotopic (exact) mass is 276 g/mol. The molecule has 0 aliphatic heterocycles. The van der Waals surface area contributed by atoms with Gasteiger partial charge in [-0.25, -0.2) is 9.18 Å². The Morgan fingerprint density at radius 3 is 2.65 bits per heavy atom. The molecule has 104 valence electrons. The lowest BCUT2D eigenvalue weighted by molar-refractivity contribution is 0.0691. The van der Waals surface area contributed by atoms with Gasteiger partial charge in [0.05, 0.1) is 12.2 Å². The van der Waals surface area contributed by atoms with E-state index in [0.717, 1.165) is 6.07 Å². The van der Waals surface area contributed by atoms with Crippen molar-refractivity contribution in [3.8, 4) is 5.75 Å². The van der Waals surface area contributed by atoms with Crippen LogP contribution in [-0.2, 0) is 13.2 Å².